The summed E-state index contributed by atoms with van der Waals surface area (Å²) in [7, 11) is 0. The van der Waals surface area contributed by atoms with Gasteiger partial charge >= 0.3 is 0 Å². The van der Waals surface area contributed by atoms with Crippen LogP contribution in [0.1, 0.15) is 33.0 Å². The lowest BCUT2D eigenvalue weighted by molar-refractivity contribution is -0.120. The van der Waals surface area contributed by atoms with Crippen LogP contribution in [0.25, 0.3) is 11.0 Å². The fourth-order valence-electron chi connectivity index (χ4n) is 2.22. The summed E-state index contributed by atoms with van der Waals surface area (Å²) in [6.07, 6.45) is 0.882. The van der Waals surface area contributed by atoms with Crippen molar-refractivity contribution in [2.45, 2.75) is 33.7 Å². The number of benzene rings is 1. The third kappa shape index (κ3) is 4.96. The lowest BCUT2D eigenvalue weighted by atomic mass is 10.1. The maximum absolute atomic E-state index is 11.7. The maximum atomic E-state index is 11.7. The van der Waals surface area contributed by atoms with Crippen LogP contribution < -0.4 is 10.7 Å². The first-order chi connectivity index (χ1) is 10.5. The third-order valence-corrected chi connectivity index (χ3v) is 3.09. The standard InChI is InChI=1S/C16H23N5O/c1-11(2)8-12(3)20-21-16(22)10-17-9-15-18-13-6-4-5-7-14(13)19-15/h4-7,11,17H,8-10H2,1-3H3,(H,18,19)(H,21,22)/b20-12+. The molecule has 0 radical (unpaired) electrons. The molecule has 0 fully saturated rings. The van der Waals surface area contributed by atoms with Gasteiger partial charge in [-0.2, -0.15) is 5.10 Å². The number of imidazole rings is 1. The van der Waals surface area contributed by atoms with Gasteiger partial charge in [-0.15, -0.1) is 0 Å². The Kier molecular flexibility index (Phi) is 5.66. The Hall–Kier alpha value is -2.21. The van der Waals surface area contributed by atoms with Crippen molar-refractivity contribution in [1.82, 2.24) is 20.7 Å². The Bertz CT molecular complexity index is 626. The number of hydrazone groups is 1. The number of fused-ring (bicyclic) bond motifs is 1. The molecule has 0 aliphatic carbocycles. The number of para-hydroxylation sites is 2. The average molecular weight is 301 g/mol. The van der Waals surface area contributed by atoms with Gasteiger partial charge in [0.2, 0.25) is 0 Å². The average Bonchev–Trinajstić information content (AvgIpc) is 2.87. The van der Waals surface area contributed by atoms with Crippen molar-refractivity contribution in [2.75, 3.05) is 6.54 Å². The lowest BCUT2D eigenvalue weighted by Gasteiger charge is -2.05. The zero-order valence-corrected chi connectivity index (χ0v) is 13.3. The van der Waals surface area contributed by atoms with E-state index in [1.807, 2.05) is 31.2 Å². The molecule has 0 atom stereocenters. The molecule has 3 N–H and O–H groups in total. The fourth-order valence-corrected chi connectivity index (χ4v) is 2.22. The van der Waals surface area contributed by atoms with Crippen LogP contribution in [0.4, 0.5) is 0 Å². The van der Waals surface area contributed by atoms with E-state index in [9.17, 15) is 4.79 Å². The Morgan fingerprint density at radius 2 is 2.14 bits per heavy atom. The van der Waals surface area contributed by atoms with Crippen LogP contribution in [0, 0.1) is 5.92 Å². The topological polar surface area (TPSA) is 82.2 Å². The lowest BCUT2D eigenvalue weighted by Crippen LogP contribution is -2.31. The summed E-state index contributed by atoms with van der Waals surface area (Å²) in [6, 6.07) is 7.84. The molecule has 0 bridgehead atoms. The van der Waals surface area contributed by atoms with Gasteiger partial charge in [0, 0.05) is 5.71 Å². The van der Waals surface area contributed by atoms with Crippen molar-refractivity contribution in [3.8, 4) is 0 Å². The van der Waals surface area contributed by atoms with E-state index in [0.29, 0.717) is 12.5 Å². The second-order valence-corrected chi connectivity index (χ2v) is 5.78. The van der Waals surface area contributed by atoms with Crippen LogP contribution in [-0.4, -0.2) is 28.1 Å². The molecule has 6 nitrogen and oxygen atoms in total. The van der Waals surface area contributed by atoms with E-state index in [2.05, 4.69) is 39.7 Å². The minimum atomic E-state index is -0.154. The number of amides is 1. The molecule has 2 aromatic rings. The highest BCUT2D eigenvalue weighted by Gasteiger charge is 2.04. The first-order valence-electron chi connectivity index (χ1n) is 7.51. The van der Waals surface area contributed by atoms with E-state index >= 15 is 0 Å². The highest BCUT2D eigenvalue weighted by Crippen LogP contribution is 2.09. The van der Waals surface area contributed by atoms with Crippen LogP contribution in [0.5, 0.6) is 0 Å². The molecule has 0 saturated heterocycles. The Balaban J connectivity index is 1.75. The van der Waals surface area contributed by atoms with Gasteiger partial charge in [-0.3, -0.25) is 4.79 Å². The molecular weight excluding hydrogens is 278 g/mol. The van der Waals surface area contributed by atoms with Gasteiger partial charge in [-0.1, -0.05) is 26.0 Å². The van der Waals surface area contributed by atoms with Crippen LogP contribution in [0.2, 0.25) is 0 Å². The van der Waals surface area contributed by atoms with E-state index in [1.165, 1.54) is 0 Å². The van der Waals surface area contributed by atoms with Crippen molar-refractivity contribution in [1.29, 1.82) is 0 Å². The largest absolute Gasteiger partial charge is 0.341 e. The molecule has 22 heavy (non-hydrogen) atoms. The van der Waals surface area contributed by atoms with Crippen LogP contribution in [0.3, 0.4) is 0 Å². The zero-order valence-electron chi connectivity index (χ0n) is 13.3. The monoisotopic (exact) mass is 301 g/mol. The van der Waals surface area contributed by atoms with Gasteiger partial charge in [0.25, 0.3) is 5.91 Å². The molecule has 1 amide bonds. The molecule has 0 saturated carbocycles. The van der Waals surface area contributed by atoms with Gasteiger partial charge in [0.05, 0.1) is 24.1 Å². The Morgan fingerprint density at radius 3 is 2.86 bits per heavy atom. The highest BCUT2D eigenvalue weighted by atomic mass is 16.2. The minimum absolute atomic E-state index is 0.154. The summed E-state index contributed by atoms with van der Waals surface area (Å²) >= 11 is 0. The first kappa shape index (κ1) is 16.2. The van der Waals surface area contributed by atoms with Gasteiger partial charge in [-0.25, -0.2) is 10.4 Å². The van der Waals surface area contributed by atoms with E-state index < -0.39 is 0 Å². The van der Waals surface area contributed by atoms with Crippen molar-refractivity contribution < 1.29 is 4.79 Å². The molecule has 0 spiro atoms. The molecule has 6 heteroatoms. The van der Waals surface area contributed by atoms with Gasteiger partial charge < -0.3 is 10.3 Å². The molecule has 2 rings (SSSR count). The molecular formula is C16H23N5O. The Morgan fingerprint density at radius 1 is 1.36 bits per heavy atom. The maximum Gasteiger partial charge on any atom is 0.254 e. The number of nitrogens with zero attached hydrogens (tertiary/aromatic N) is 2. The van der Waals surface area contributed by atoms with Crippen LogP contribution in [0.15, 0.2) is 29.4 Å². The van der Waals surface area contributed by atoms with Crippen molar-refractivity contribution in [2.24, 2.45) is 11.0 Å². The number of aromatic amines is 1. The van der Waals surface area contributed by atoms with Gasteiger partial charge in [-0.05, 0) is 31.4 Å². The smallest absolute Gasteiger partial charge is 0.254 e. The van der Waals surface area contributed by atoms with Crippen LogP contribution >= 0.6 is 0 Å². The number of H-pyrrole nitrogens is 1. The normalized spacial score (nSPS) is 12.1. The number of hydrogen-bond donors (Lipinski definition) is 3. The molecule has 118 valence electrons. The zero-order chi connectivity index (χ0) is 15.9. The molecule has 1 aromatic heterocycles. The van der Waals surface area contributed by atoms with Crippen LogP contribution in [-0.2, 0) is 11.3 Å². The number of carbonyl (C=O) groups excluding carboxylic acids is 1. The molecule has 1 aromatic carbocycles. The third-order valence-electron chi connectivity index (χ3n) is 3.09. The Labute approximate surface area is 130 Å². The molecule has 1 heterocycles. The molecule has 0 unspecified atom stereocenters. The molecule has 0 aliphatic heterocycles. The van der Waals surface area contributed by atoms with Gasteiger partial charge in [0.15, 0.2) is 0 Å². The van der Waals surface area contributed by atoms with Gasteiger partial charge in [0.1, 0.15) is 5.82 Å². The summed E-state index contributed by atoms with van der Waals surface area (Å²) in [5, 5.41) is 7.13. The predicted molar refractivity (Wildman–Crippen MR) is 88.5 cm³/mol. The second-order valence-electron chi connectivity index (χ2n) is 5.78. The minimum Gasteiger partial charge on any atom is -0.341 e. The summed E-state index contributed by atoms with van der Waals surface area (Å²) in [5.41, 5.74) is 5.41. The van der Waals surface area contributed by atoms with Crippen molar-refractivity contribution >= 4 is 22.7 Å². The SMILES string of the molecule is C/C(CC(C)C)=N\NC(=O)CNCc1nc2ccccc2[nH]1. The first-order valence-corrected chi connectivity index (χ1v) is 7.51. The highest BCUT2D eigenvalue weighted by molar-refractivity contribution is 5.85. The van der Waals surface area contributed by atoms with Crippen molar-refractivity contribution in [3.05, 3.63) is 30.1 Å². The van der Waals surface area contributed by atoms with Crippen molar-refractivity contribution in [3.63, 3.8) is 0 Å². The van der Waals surface area contributed by atoms with E-state index in [0.717, 1.165) is 29.0 Å². The summed E-state index contributed by atoms with van der Waals surface area (Å²) < 4.78 is 0. The van der Waals surface area contributed by atoms with E-state index in [1.54, 1.807) is 0 Å². The number of nitrogens with one attached hydrogen (secondary N) is 3. The quantitative estimate of drug-likeness (QED) is 0.541. The number of aromatic nitrogens is 2. The second kappa shape index (κ2) is 7.70. The number of carbonyl (C=O) groups is 1. The number of hydrogen-bond acceptors (Lipinski definition) is 4. The van der Waals surface area contributed by atoms with E-state index in [-0.39, 0.29) is 12.5 Å². The van der Waals surface area contributed by atoms with E-state index in [4.69, 9.17) is 0 Å². The predicted octanol–water partition coefficient (Wildman–Crippen LogP) is 2.19. The summed E-state index contributed by atoms with van der Waals surface area (Å²) in [5.74, 6) is 1.19. The molecule has 0 aliphatic rings. The summed E-state index contributed by atoms with van der Waals surface area (Å²) in [4.78, 5) is 19.3. The fraction of sp³-hybridized carbons (Fsp3) is 0.438. The summed E-state index contributed by atoms with van der Waals surface area (Å²) in [6.45, 7) is 6.87. The number of rotatable bonds is 7.